The SMILES string of the molecule is Cc1c[c]cc(C)c1OCc1ccccc1. The lowest BCUT2D eigenvalue weighted by Crippen LogP contribution is -1.98. The van der Waals surface area contributed by atoms with Crippen LogP contribution in [0.25, 0.3) is 0 Å². The molecule has 2 rings (SSSR count). The molecule has 0 atom stereocenters. The van der Waals surface area contributed by atoms with Crippen LogP contribution in [0.5, 0.6) is 5.75 Å². The van der Waals surface area contributed by atoms with Gasteiger partial charge in [-0.1, -0.05) is 30.3 Å². The van der Waals surface area contributed by atoms with E-state index in [1.807, 2.05) is 44.2 Å². The van der Waals surface area contributed by atoms with E-state index in [1.54, 1.807) is 0 Å². The van der Waals surface area contributed by atoms with E-state index in [9.17, 15) is 0 Å². The Bertz CT molecular complexity index is 440. The summed E-state index contributed by atoms with van der Waals surface area (Å²) in [6.45, 7) is 4.71. The topological polar surface area (TPSA) is 9.23 Å². The minimum absolute atomic E-state index is 0.618. The molecule has 0 heterocycles. The summed E-state index contributed by atoms with van der Waals surface area (Å²) in [4.78, 5) is 0. The standard InChI is InChI=1S/C15H15O/c1-12-7-6-8-13(2)15(12)16-11-14-9-4-3-5-10-14/h3-5,7-10H,11H2,1-2H3. The number of hydrogen-bond donors (Lipinski definition) is 0. The smallest absolute Gasteiger partial charge is 0.125 e. The van der Waals surface area contributed by atoms with E-state index in [-0.39, 0.29) is 0 Å². The quantitative estimate of drug-likeness (QED) is 0.752. The van der Waals surface area contributed by atoms with Crippen LogP contribution in [0.15, 0.2) is 42.5 Å². The normalized spacial score (nSPS) is 10.1. The molecule has 0 aliphatic heterocycles. The van der Waals surface area contributed by atoms with Crippen LogP contribution < -0.4 is 4.74 Å². The average Bonchev–Trinajstić information content (AvgIpc) is 2.30. The fraction of sp³-hybridized carbons (Fsp3) is 0.200. The molecule has 16 heavy (non-hydrogen) atoms. The van der Waals surface area contributed by atoms with Gasteiger partial charge >= 0.3 is 0 Å². The second-order valence-corrected chi connectivity index (χ2v) is 3.92. The van der Waals surface area contributed by atoms with Crippen molar-refractivity contribution in [2.45, 2.75) is 20.5 Å². The molecule has 0 N–H and O–H groups in total. The highest BCUT2D eigenvalue weighted by Crippen LogP contribution is 2.22. The largest absolute Gasteiger partial charge is 0.488 e. The van der Waals surface area contributed by atoms with Crippen molar-refractivity contribution in [1.82, 2.24) is 0 Å². The van der Waals surface area contributed by atoms with E-state index in [4.69, 9.17) is 4.74 Å². The third kappa shape index (κ3) is 2.43. The highest BCUT2D eigenvalue weighted by Gasteiger charge is 2.03. The van der Waals surface area contributed by atoms with Gasteiger partial charge < -0.3 is 4.74 Å². The summed E-state index contributed by atoms with van der Waals surface area (Å²) in [5.41, 5.74) is 3.46. The van der Waals surface area contributed by atoms with Crippen molar-refractivity contribution < 1.29 is 4.74 Å². The highest BCUT2D eigenvalue weighted by molar-refractivity contribution is 5.39. The lowest BCUT2D eigenvalue weighted by Gasteiger charge is -2.11. The molecule has 0 aliphatic rings. The number of rotatable bonds is 3. The molecular formula is C15H15O. The molecule has 0 aliphatic carbocycles. The zero-order chi connectivity index (χ0) is 11.4. The second kappa shape index (κ2) is 4.84. The summed E-state index contributed by atoms with van der Waals surface area (Å²) in [5, 5.41) is 0. The first-order chi connectivity index (χ1) is 7.77. The van der Waals surface area contributed by atoms with Crippen LogP contribution in [-0.2, 0) is 6.61 Å². The van der Waals surface area contributed by atoms with Gasteiger partial charge in [0, 0.05) is 0 Å². The zero-order valence-electron chi connectivity index (χ0n) is 9.66. The number of hydrogen-bond acceptors (Lipinski definition) is 1. The minimum atomic E-state index is 0.618. The van der Waals surface area contributed by atoms with Crippen molar-refractivity contribution in [2.75, 3.05) is 0 Å². The molecule has 0 fully saturated rings. The van der Waals surface area contributed by atoms with Gasteiger partial charge in [-0.25, -0.2) is 0 Å². The van der Waals surface area contributed by atoms with Gasteiger partial charge in [0.1, 0.15) is 12.4 Å². The Morgan fingerprint density at radius 3 is 2.25 bits per heavy atom. The maximum atomic E-state index is 5.83. The third-order valence-corrected chi connectivity index (χ3v) is 2.54. The number of ether oxygens (including phenoxy) is 1. The predicted molar refractivity (Wildman–Crippen MR) is 65.5 cm³/mol. The summed E-state index contributed by atoms with van der Waals surface area (Å²) >= 11 is 0. The summed E-state index contributed by atoms with van der Waals surface area (Å²) in [6.07, 6.45) is 0. The third-order valence-electron chi connectivity index (χ3n) is 2.54. The molecule has 1 nitrogen and oxygen atoms in total. The van der Waals surface area contributed by atoms with Crippen LogP contribution in [0, 0.1) is 19.9 Å². The molecular weight excluding hydrogens is 196 g/mol. The zero-order valence-corrected chi connectivity index (χ0v) is 9.66. The summed E-state index contributed by atoms with van der Waals surface area (Å²) < 4.78 is 5.83. The van der Waals surface area contributed by atoms with E-state index >= 15 is 0 Å². The van der Waals surface area contributed by atoms with Crippen molar-refractivity contribution in [3.05, 3.63) is 65.2 Å². The van der Waals surface area contributed by atoms with Crippen molar-refractivity contribution in [3.8, 4) is 5.75 Å². The molecule has 0 spiro atoms. The molecule has 0 aromatic heterocycles. The Morgan fingerprint density at radius 2 is 1.62 bits per heavy atom. The highest BCUT2D eigenvalue weighted by atomic mass is 16.5. The lowest BCUT2D eigenvalue weighted by molar-refractivity contribution is 0.302. The van der Waals surface area contributed by atoms with Crippen molar-refractivity contribution in [1.29, 1.82) is 0 Å². The Hall–Kier alpha value is -1.76. The monoisotopic (exact) mass is 211 g/mol. The van der Waals surface area contributed by atoms with Gasteiger partial charge in [-0.2, -0.15) is 0 Å². The van der Waals surface area contributed by atoms with Crippen molar-refractivity contribution >= 4 is 0 Å². The molecule has 0 amide bonds. The van der Waals surface area contributed by atoms with Gasteiger partial charge in [-0.3, -0.25) is 0 Å². The van der Waals surface area contributed by atoms with E-state index in [0.29, 0.717) is 6.61 Å². The van der Waals surface area contributed by atoms with Crippen molar-refractivity contribution in [2.24, 2.45) is 0 Å². The van der Waals surface area contributed by atoms with Gasteiger partial charge in [-0.15, -0.1) is 0 Å². The average molecular weight is 211 g/mol. The van der Waals surface area contributed by atoms with E-state index in [2.05, 4.69) is 18.2 Å². The Balaban J connectivity index is 2.11. The summed E-state index contributed by atoms with van der Waals surface area (Å²) in [6, 6.07) is 17.2. The first kappa shape index (κ1) is 10.7. The number of aryl methyl sites for hydroxylation is 2. The molecule has 2 aromatic rings. The first-order valence-corrected chi connectivity index (χ1v) is 5.41. The van der Waals surface area contributed by atoms with Crippen LogP contribution in [-0.4, -0.2) is 0 Å². The van der Waals surface area contributed by atoms with Crippen LogP contribution >= 0.6 is 0 Å². The summed E-state index contributed by atoms with van der Waals surface area (Å²) in [5.74, 6) is 0.975. The maximum Gasteiger partial charge on any atom is 0.125 e. The molecule has 0 saturated carbocycles. The van der Waals surface area contributed by atoms with E-state index < -0.39 is 0 Å². The molecule has 81 valence electrons. The fourth-order valence-electron chi connectivity index (χ4n) is 1.69. The molecule has 1 radical (unpaired) electrons. The first-order valence-electron chi connectivity index (χ1n) is 5.41. The molecule has 1 heteroatoms. The molecule has 0 bridgehead atoms. The van der Waals surface area contributed by atoms with E-state index in [1.165, 1.54) is 5.56 Å². The Kier molecular flexibility index (Phi) is 3.25. The number of benzene rings is 2. The van der Waals surface area contributed by atoms with Crippen LogP contribution in [0.4, 0.5) is 0 Å². The minimum Gasteiger partial charge on any atom is -0.488 e. The van der Waals surface area contributed by atoms with Crippen LogP contribution in [0.3, 0.4) is 0 Å². The Labute approximate surface area is 96.7 Å². The van der Waals surface area contributed by atoms with Crippen LogP contribution in [0.1, 0.15) is 16.7 Å². The van der Waals surface area contributed by atoms with Gasteiger partial charge in [0.15, 0.2) is 0 Å². The predicted octanol–water partition coefficient (Wildman–Crippen LogP) is 3.68. The van der Waals surface area contributed by atoms with E-state index in [0.717, 1.165) is 16.9 Å². The lowest BCUT2D eigenvalue weighted by atomic mass is 10.1. The molecule has 0 unspecified atom stereocenters. The van der Waals surface area contributed by atoms with Gasteiger partial charge in [0.05, 0.1) is 0 Å². The Morgan fingerprint density at radius 1 is 1.00 bits per heavy atom. The molecule has 0 saturated heterocycles. The molecule has 2 aromatic carbocycles. The maximum absolute atomic E-state index is 5.83. The fourth-order valence-corrected chi connectivity index (χ4v) is 1.69. The van der Waals surface area contributed by atoms with Crippen molar-refractivity contribution in [3.63, 3.8) is 0 Å². The second-order valence-electron chi connectivity index (χ2n) is 3.92. The van der Waals surface area contributed by atoms with Crippen LogP contribution in [0.2, 0.25) is 0 Å². The van der Waals surface area contributed by atoms with Gasteiger partial charge in [-0.05, 0) is 48.7 Å². The summed E-state index contributed by atoms with van der Waals surface area (Å²) in [7, 11) is 0. The van der Waals surface area contributed by atoms with Gasteiger partial charge in [0.2, 0.25) is 0 Å². The van der Waals surface area contributed by atoms with Gasteiger partial charge in [0.25, 0.3) is 0 Å².